The van der Waals surface area contributed by atoms with E-state index in [0.717, 1.165) is 4.90 Å². The van der Waals surface area contributed by atoms with Crippen LogP contribution in [-0.4, -0.2) is 47.2 Å². The zero-order valence-electron chi connectivity index (χ0n) is 9.81. The monoisotopic (exact) mass is 291 g/mol. The van der Waals surface area contributed by atoms with Crippen molar-refractivity contribution in [3.8, 4) is 0 Å². The van der Waals surface area contributed by atoms with Crippen LogP contribution in [0.2, 0.25) is 10.3 Å². The lowest BCUT2D eigenvalue weighted by Crippen LogP contribution is -2.33. The van der Waals surface area contributed by atoms with E-state index in [1.807, 2.05) is 0 Å². The molecule has 0 aliphatic rings. The van der Waals surface area contributed by atoms with Crippen molar-refractivity contribution in [2.75, 3.05) is 20.2 Å². The van der Waals surface area contributed by atoms with Crippen LogP contribution in [-0.2, 0) is 9.53 Å². The largest absolute Gasteiger partial charge is 0.465 e. The van der Waals surface area contributed by atoms with Gasteiger partial charge in [-0.2, -0.15) is 0 Å². The van der Waals surface area contributed by atoms with E-state index in [0.29, 0.717) is 0 Å². The molecule has 1 aromatic rings. The molecule has 0 radical (unpaired) electrons. The molecule has 18 heavy (non-hydrogen) atoms. The third kappa shape index (κ3) is 3.82. The van der Waals surface area contributed by atoms with Crippen LogP contribution in [0.15, 0.2) is 6.07 Å². The van der Waals surface area contributed by atoms with Crippen LogP contribution in [0.3, 0.4) is 0 Å². The van der Waals surface area contributed by atoms with Crippen molar-refractivity contribution in [1.29, 1.82) is 0 Å². The quantitative estimate of drug-likeness (QED) is 0.785. The van der Waals surface area contributed by atoms with Gasteiger partial charge in [-0.25, -0.2) is 0 Å². The van der Waals surface area contributed by atoms with Gasteiger partial charge >= 0.3 is 5.97 Å². The molecule has 8 heteroatoms. The molecule has 0 fully saturated rings. The Bertz CT molecular complexity index is 468. The van der Waals surface area contributed by atoms with Gasteiger partial charge in [0.05, 0.1) is 12.2 Å². The Hall–Kier alpha value is -1.40. The first-order chi connectivity index (χ1) is 8.45. The number of hydrogen-bond donors (Lipinski definition) is 0. The van der Waals surface area contributed by atoms with E-state index in [2.05, 4.69) is 10.2 Å². The highest BCUT2D eigenvalue weighted by Gasteiger charge is 2.19. The average molecular weight is 292 g/mol. The third-order valence-electron chi connectivity index (χ3n) is 1.97. The fraction of sp³-hybridized carbons (Fsp3) is 0.400. The molecule has 0 aromatic carbocycles. The van der Waals surface area contributed by atoms with Crippen LogP contribution < -0.4 is 0 Å². The van der Waals surface area contributed by atoms with E-state index in [4.69, 9.17) is 27.9 Å². The second-order valence-corrected chi connectivity index (χ2v) is 4.08. The van der Waals surface area contributed by atoms with Crippen LogP contribution in [0.5, 0.6) is 0 Å². The number of rotatable bonds is 4. The molecule has 0 aliphatic carbocycles. The van der Waals surface area contributed by atoms with Crippen LogP contribution in [0.4, 0.5) is 0 Å². The number of carbonyl (C=O) groups is 2. The maximum Gasteiger partial charge on any atom is 0.325 e. The fourth-order valence-corrected chi connectivity index (χ4v) is 1.50. The summed E-state index contributed by atoms with van der Waals surface area (Å²) in [5.74, 6) is -0.984. The molecule has 0 unspecified atom stereocenters. The summed E-state index contributed by atoms with van der Waals surface area (Å²) >= 11 is 11.4. The summed E-state index contributed by atoms with van der Waals surface area (Å²) in [5.41, 5.74) is 0.0865. The van der Waals surface area contributed by atoms with Crippen molar-refractivity contribution in [2.45, 2.75) is 6.92 Å². The summed E-state index contributed by atoms with van der Waals surface area (Å²) in [7, 11) is 1.45. The molecule has 0 atom stereocenters. The maximum absolute atomic E-state index is 12.0. The van der Waals surface area contributed by atoms with E-state index in [-0.39, 0.29) is 29.0 Å². The molecule has 6 nitrogen and oxygen atoms in total. The summed E-state index contributed by atoms with van der Waals surface area (Å²) in [5, 5.41) is 6.99. The first-order valence-electron chi connectivity index (χ1n) is 5.05. The SMILES string of the molecule is CCOC(=O)CN(C)C(=O)c1cc(Cl)nnc1Cl. The van der Waals surface area contributed by atoms with E-state index < -0.39 is 11.9 Å². The Morgan fingerprint density at radius 1 is 1.39 bits per heavy atom. The van der Waals surface area contributed by atoms with Crippen LogP contribution in [0, 0.1) is 0 Å². The molecule has 1 aromatic heterocycles. The molecule has 0 spiro atoms. The molecule has 1 heterocycles. The lowest BCUT2D eigenvalue weighted by atomic mass is 10.3. The molecule has 98 valence electrons. The standard InChI is InChI=1S/C10H11Cl2N3O3/c1-3-18-8(16)5-15(2)10(17)6-4-7(11)13-14-9(6)12/h4H,3,5H2,1-2H3. The Morgan fingerprint density at radius 2 is 2.06 bits per heavy atom. The predicted octanol–water partition coefficient (Wildman–Crippen LogP) is 1.42. The highest BCUT2D eigenvalue weighted by molar-refractivity contribution is 6.34. The summed E-state index contributed by atoms with van der Waals surface area (Å²) in [6.07, 6.45) is 0. The predicted molar refractivity (Wildman–Crippen MR) is 65.6 cm³/mol. The number of likely N-dealkylation sites (N-methyl/N-ethyl adjacent to an activating group) is 1. The number of esters is 1. The molecule has 1 rings (SSSR count). The fourth-order valence-electron chi connectivity index (χ4n) is 1.18. The van der Waals surface area contributed by atoms with Crippen molar-refractivity contribution in [3.63, 3.8) is 0 Å². The van der Waals surface area contributed by atoms with Gasteiger partial charge in [-0.15, -0.1) is 10.2 Å². The maximum atomic E-state index is 12.0. The van der Waals surface area contributed by atoms with Crippen molar-refractivity contribution in [1.82, 2.24) is 15.1 Å². The van der Waals surface area contributed by atoms with E-state index in [1.165, 1.54) is 13.1 Å². The van der Waals surface area contributed by atoms with Gasteiger partial charge in [0.2, 0.25) is 0 Å². The molecule has 0 bridgehead atoms. The van der Waals surface area contributed by atoms with Gasteiger partial charge in [-0.05, 0) is 13.0 Å². The minimum absolute atomic E-state index is 0.0484. The molecular formula is C10H11Cl2N3O3. The molecule has 0 N–H and O–H groups in total. The molecule has 0 aliphatic heterocycles. The minimum atomic E-state index is -0.502. The van der Waals surface area contributed by atoms with Gasteiger partial charge < -0.3 is 9.64 Å². The molecule has 0 saturated carbocycles. The zero-order valence-corrected chi connectivity index (χ0v) is 11.3. The smallest absolute Gasteiger partial charge is 0.325 e. The average Bonchev–Trinajstić information content (AvgIpc) is 2.31. The summed E-state index contributed by atoms with van der Waals surface area (Å²) in [6.45, 7) is 1.76. The topological polar surface area (TPSA) is 72.4 Å². The first-order valence-corrected chi connectivity index (χ1v) is 5.81. The van der Waals surface area contributed by atoms with Gasteiger partial charge in [-0.1, -0.05) is 23.2 Å². The number of aromatic nitrogens is 2. The van der Waals surface area contributed by atoms with Gasteiger partial charge in [0.1, 0.15) is 6.54 Å². The lowest BCUT2D eigenvalue weighted by molar-refractivity contribution is -0.143. The van der Waals surface area contributed by atoms with E-state index >= 15 is 0 Å². The summed E-state index contributed by atoms with van der Waals surface area (Å²) in [4.78, 5) is 24.4. The summed E-state index contributed by atoms with van der Waals surface area (Å²) in [6, 6.07) is 1.29. The number of hydrogen-bond acceptors (Lipinski definition) is 5. The normalized spacial score (nSPS) is 10.0. The van der Waals surface area contributed by atoms with E-state index in [9.17, 15) is 9.59 Å². The minimum Gasteiger partial charge on any atom is -0.465 e. The van der Waals surface area contributed by atoms with Crippen LogP contribution in [0.1, 0.15) is 17.3 Å². The molecule has 0 saturated heterocycles. The van der Waals surface area contributed by atoms with Crippen molar-refractivity contribution in [2.24, 2.45) is 0 Å². The number of ether oxygens (including phenoxy) is 1. The second-order valence-electron chi connectivity index (χ2n) is 3.34. The summed E-state index contributed by atoms with van der Waals surface area (Å²) < 4.78 is 4.73. The van der Waals surface area contributed by atoms with Crippen molar-refractivity contribution in [3.05, 3.63) is 21.9 Å². The van der Waals surface area contributed by atoms with Gasteiger partial charge in [-0.3, -0.25) is 9.59 Å². The van der Waals surface area contributed by atoms with Crippen molar-refractivity contribution >= 4 is 35.1 Å². The number of amides is 1. The van der Waals surface area contributed by atoms with Crippen LogP contribution in [0.25, 0.3) is 0 Å². The Balaban J connectivity index is 2.80. The number of nitrogens with zero attached hydrogens (tertiary/aromatic N) is 3. The number of carbonyl (C=O) groups excluding carboxylic acids is 2. The highest BCUT2D eigenvalue weighted by Crippen LogP contribution is 2.16. The Kier molecular flexibility index (Phi) is 5.30. The van der Waals surface area contributed by atoms with Gasteiger partial charge in [0, 0.05) is 7.05 Å². The van der Waals surface area contributed by atoms with Crippen molar-refractivity contribution < 1.29 is 14.3 Å². The third-order valence-corrected chi connectivity index (χ3v) is 2.43. The molecular weight excluding hydrogens is 281 g/mol. The van der Waals surface area contributed by atoms with E-state index in [1.54, 1.807) is 6.92 Å². The Labute approximate surface area is 114 Å². The second kappa shape index (κ2) is 6.51. The zero-order chi connectivity index (χ0) is 13.7. The highest BCUT2D eigenvalue weighted by atomic mass is 35.5. The van der Waals surface area contributed by atoms with Gasteiger partial charge in [0.25, 0.3) is 5.91 Å². The van der Waals surface area contributed by atoms with Gasteiger partial charge in [0.15, 0.2) is 10.3 Å². The van der Waals surface area contributed by atoms with Crippen LogP contribution >= 0.6 is 23.2 Å². The first kappa shape index (κ1) is 14.7. The lowest BCUT2D eigenvalue weighted by Gasteiger charge is -2.16. The Morgan fingerprint density at radius 3 is 2.67 bits per heavy atom. The molecule has 1 amide bonds. The number of halogens is 2.